The highest BCUT2D eigenvalue weighted by Crippen LogP contribution is 2.43. The minimum Gasteiger partial charge on any atom is -0.486 e. The van der Waals surface area contributed by atoms with Crippen molar-refractivity contribution >= 4 is 18.3 Å². The number of nitrogens with one attached hydrogen (secondary N) is 2. The highest BCUT2D eigenvalue weighted by Gasteiger charge is 2.35. The standard InChI is InChI=1S/C17H22N2O3.ClH/c20-17(13-5-6-18-10-13)19-16(11-1-2-11)12-3-4-14-15(9-12)22-8-7-21-14;/h3-4,9,11,13,16,18H,1-2,5-8,10H2,(H,19,20);1H. The third-order valence-electron chi connectivity index (χ3n) is 4.75. The van der Waals surface area contributed by atoms with Crippen LogP contribution in [0.3, 0.4) is 0 Å². The Kier molecular flexibility index (Phi) is 4.97. The zero-order chi connectivity index (χ0) is 14.9. The number of carbonyl (C=O) groups is 1. The van der Waals surface area contributed by atoms with Crippen molar-refractivity contribution in [2.45, 2.75) is 25.3 Å². The Morgan fingerprint density at radius 3 is 2.65 bits per heavy atom. The summed E-state index contributed by atoms with van der Waals surface area (Å²) in [6, 6.07) is 6.15. The summed E-state index contributed by atoms with van der Waals surface area (Å²) in [5.41, 5.74) is 1.13. The molecule has 3 aliphatic rings. The molecule has 1 aliphatic carbocycles. The van der Waals surface area contributed by atoms with Gasteiger partial charge < -0.3 is 20.1 Å². The molecule has 2 unspecified atom stereocenters. The van der Waals surface area contributed by atoms with Crippen LogP contribution in [0, 0.1) is 11.8 Å². The van der Waals surface area contributed by atoms with Crippen molar-refractivity contribution in [3.05, 3.63) is 23.8 Å². The van der Waals surface area contributed by atoms with Crippen molar-refractivity contribution in [3.63, 3.8) is 0 Å². The molecule has 1 amide bonds. The second-order valence-electron chi connectivity index (χ2n) is 6.42. The molecule has 2 heterocycles. The molecule has 0 radical (unpaired) electrons. The molecular weight excluding hydrogens is 316 g/mol. The van der Waals surface area contributed by atoms with Gasteiger partial charge in [0.25, 0.3) is 0 Å². The molecule has 4 rings (SSSR count). The van der Waals surface area contributed by atoms with E-state index >= 15 is 0 Å². The number of rotatable bonds is 4. The molecule has 0 bridgehead atoms. The van der Waals surface area contributed by atoms with Gasteiger partial charge in [0.15, 0.2) is 11.5 Å². The molecule has 0 spiro atoms. The maximum absolute atomic E-state index is 12.4. The Morgan fingerprint density at radius 2 is 1.96 bits per heavy atom. The molecule has 1 saturated carbocycles. The first-order valence-electron chi connectivity index (χ1n) is 8.22. The van der Waals surface area contributed by atoms with Gasteiger partial charge in [-0.15, -0.1) is 12.4 Å². The number of amides is 1. The molecule has 2 N–H and O–H groups in total. The van der Waals surface area contributed by atoms with Gasteiger partial charge >= 0.3 is 0 Å². The van der Waals surface area contributed by atoms with Crippen LogP contribution in [0.5, 0.6) is 11.5 Å². The van der Waals surface area contributed by atoms with E-state index in [1.54, 1.807) is 0 Å². The number of hydrogen-bond acceptors (Lipinski definition) is 4. The summed E-state index contributed by atoms with van der Waals surface area (Å²) in [7, 11) is 0. The summed E-state index contributed by atoms with van der Waals surface area (Å²) < 4.78 is 11.2. The van der Waals surface area contributed by atoms with E-state index in [1.807, 2.05) is 12.1 Å². The number of hydrogen-bond donors (Lipinski definition) is 2. The van der Waals surface area contributed by atoms with Gasteiger partial charge in [0.05, 0.1) is 12.0 Å². The van der Waals surface area contributed by atoms with Gasteiger partial charge in [-0.3, -0.25) is 4.79 Å². The molecule has 2 fully saturated rings. The second-order valence-corrected chi connectivity index (χ2v) is 6.42. The highest BCUT2D eigenvalue weighted by atomic mass is 35.5. The van der Waals surface area contributed by atoms with Gasteiger partial charge in [-0.1, -0.05) is 6.07 Å². The van der Waals surface area contributed by atoms with Crippen LogP contribution in [0.1, 0.15) is 30.9 Å². The fraction of sp³-hybridized carbons (Fsp3) is 0.588. The highest BCUT2D eigenvalue weighted by molar-refractivity contribution is 5.85. The molecule has 6 heteroatoms. The third-order valence-corrected chi connectivity index (χ3v) is 4.75. The largest absolute Gasteiger partial charge is 0.486 e. The van der Waals surface area contributed by atoms with E-state index < -0.39 is 0 Å². The Morgan fingerprint density at radius 1 is 1.17 bits per heavy atom. The van der Waals surface area contributed by atoms with E-state index in [9.17, 15) is 4.79 Å². The maximum atomic E-state index is 12.4. The molecular formula is C17H23ClN2O3. The van der Waals surface area contributed by atoms with E-state index in [-0.39, 0.29) is 30.3 Å². The summed E-state index contributed by atoms with van der Waals surface area (Å²) in [6.07, 6.45) is 3.30. The van der Waals surface area contributed by atoms with Gasteiger partial charge in [-0.25, -0.2) is 0 Å². The lowest BCUT2D eigenvalue weighted by molar-refractivity contribution is -0.125. The summed E-state index contributed by atoms with van der Waals surface area (Å²) >= 11 is 0. The predicted octanol–water partition coefficient (Wildman–Crippen LogP) is 2.06. The predicted molar refractivity (Wildman–Crippen MR) is 89.3 cm³/mol. The number of benzene rings is 1. The molecule has 5 nitrogen and oxygen atoms in total. The summed E-state index contributed by atoms with van der Waals surface area (Å²) in [6.45, 7) is 2.93. The van der Waals surface area contributed by atoms with E-state index in [2.05, 4.69) is 16.7 Å². The maximum Gasteiger partial charge on any atom is 0.224 e. The zero-order valence-electron chi connectivity index (χ0n) is 13.0. The number of ether oxygens (including phenoxy) is 2. The molecule has 1 aromatic carbocycles. The molecule has 126 valence electrons. The average molecular weight is 339 g/mol. The van der Waals surface area contributed by atoms with Crippen LogP contribution in [0.25, 0.3) is 0 Å². The van der Waals surface area contributed by atoms with Crippen molar-refractivity contribution in [1.29, 1.82) is 0 Å². The molecule has 2 atom stereocenters. The lowest BCUT2D eigenvalue weighted by Crippen LogP contribution is -2.36. The third kappa shape index (κ3) is 3.56. The first-order valence-corrected chi connectivity index (χ1v) is 8.22. The summed E-state index contributed by atoms with van der Waals surface area (Å²) in [4.78, 5) is 12.4. The van der Waals surface area contributed by atoms with Gasteiger partial charge in [-0.2, -0.15) is 0 Å². The van der Waals surface area contributed by atoms with Crippen molar-refractivity contribution in [1.82, 2.24) is 10.6 Å². The number of fused-ring (bicyclic) bond motifs is 1. The summed E-state index contributed by atoms with van der Waals surface area (Å²) in [5, 5.41) is 6.52. The topological polar surface area (TPSA) is 59.6 Å². The fourth-order valence-electron chi connectivity index (χ4n) is 3.31. The Balaban J connectivity index is 0.00000156. The molecule has 2 aliphatic heterocycles. The van der Waals surface area contributed by atoms with Gasteiger partial charge in [-0.05, 0) is 49.4 Å². The monoisotopic (exact) mass is 338 g/mol. The minimum atomic E-state index is 0. The number of halogens is 1. The van der Waals surface area contributed by atoms with Gasteiger partial charge in [0.1, 0.15) is 13.2 Å². The molecule has 1 aromatic rings. The van der Waals surface area contributed by atoms with E-state index in [0.717, 1.165) is 36.6 Å². The number of carbonyl (C=O) groups excluding carboxylic acids is 1. The SMILES string of the molecule is Cl.O=C(NC(c1ccc2c(c1)OCCO2)C1CC1)C1CCNC1. The summed E-state index contributed by atoms with van der Waals surface area (Å²) in [5.74, 6) is 2.44. The second kappa shape index (κ2) is 6.97. The van der Waals surface area contributed by atoms with Crippen LogP contribution in [0.15, 0.2) is 18.2 Å². The van der Waals surface area contributed by atoms with Gasteiger partial charge in [0.2, 0.25) is 5.91 Å². The smallest absolute Gasteiger partial charge is 0.224 e. The lowest BCUT2D eigenvalue weighted by atomic mass is 9.99. The first kappa shape index (κ1) is 16.4. The lowest BCUT2D eigenvalue weighted by Gasteiger charge is -2.24. The van der Waals surface area contributed by atoms with Crippen LogP contribution in [-0.4, -0.2) is 32.2 Å². The Labute approximate surface area is 142 Å². The fourth-order valence-corrected chi connectivity index (χ4v) is 3.31. The Bertz CT molecular complexity index is 571. The van der Waals surface area contributed by atoms with Crippen LogP contribution in [0.4, 0.5) is 0 Å². The van der Waals surface area contributed by atoms with Crippen molar-refractivity contribution in [2.75, 3.05) is 26.3 Å². The molecule has 23 heavy (non-hydrogen) atoms. The van der Waals surface area contributed by atoms with Crippen LogP contribution < -0.4 is 20.1 Å². The molecule has 1 saturated heterocycles. The van der Waals surface area contributed by atoms with Crippen LogP contribution in [0.2, 0.25) is 0 Å². The molecule has 0 aromatic heterocycles. The van der Waals surface area contributed by atoms with Crippen molar-refractivity contribution in [2.24, 2.45) is 11.8 Å². The van der Waals surface area contributed by atoms with Crippen LogP contribution >= 0.6 is 12.4 Å². The van der Waals surface area contributed by atoms with Gasteiger partial charge in [0, 0.05) is 6.54 Å². The zero-order valence-corrected chi connectivity index (χ0v) is 13.9. The van der Waals surface area contributed by atoms with Crippen molar-refractivity contribution < 1.29 is 14.3 Å². The van der Waals surface area contributed by atoms with E-state index in [1.165, 1.54) is 12.8 Å². The quantitative estimate of drug-likeness (QED) is 0.882. The van der Waals surface area contributed by atoms with E-state index in [0.29, 0.717) is 19.1 Å². The average Bonchev–Trinajstić information content (AvgIpc) is 3.24. The van der Waals surface area contributed by atoms with E-state index in [4.69, 9.17) is 9.47 Å². The van der Waals surface area contributed by atoms with Crippen LogP contribution in [-0.2, 0) is 4.79 Å². The minimum absolute atomic E-state index is 0. The van der Waals surface area contributed by atoms with Crippen molar-refractivity contribution in [3.8, 4) is 11.5 Å². The Hall–Kier alpha value is -1.46. The first-order chi connectivity index (χ1) is 10.8. The normalized spacial score (nSPS) is 23.7.